The Kier molecular flexibility index (Phi) is 9.89. The van der Waals surface area contributed by atoms with Crippen LogP contribution in [0.1, 0.15) is 0 Å². The molecule has 1 aromatic heterocycles. The van der Waals surface area contributed by atoms with Crippen molar-refractivity contribution >= 4 is 49.6 Å². The minimum absolute atomic E-state index is 0.863. The first-order chi connectivity index (χ1) is 32.7. The molecule has 66 heavy (non-hydrogen) atoms. The van der Waals surface area contributed by atoms with Crippen LogP contribution in [0.3, 0.4) is 0 Å². The number of benzene rings is 11. The molecule has 0 aliphatic carbocycles. The number of anilines is 3. The average Bonchev–Trinajstić information content (AvgIpc) is 3.84. The number of hydrogen-bond acceptors (Lipinski definition) is 2. The third-order valence-electron chi connectivity index (χ3n) is 12.9. The van der Waals surface area contributed by atoms with Crippen molar-refractivity contribution in [2.45, 2.75) is 0 Å². The predicted octanol–water partition coefficient (Wildman–Crippen LogP) is 18.2. The Hall–Kier alpha value is -8.72. The highest BCUT2D eigenvalue weighted by molar-refractivity contribution is 6.13. The summed E-state index contributed by atoms with van der Waals surface area (Å²) in [5, 5.41) is 6.13. The summed E-state index contributed by atoms with van der Waals surface area (Å²) in [7, 11) is 0. The molecule has 0 radical (unpaired) electrons. The summed E-state index contributed by atoms with van der Waals surface area (Å²) in [6, 6.07) is 93.8. The largest absolute Gasteiger partial charge is 0.456 e. The van der Waals surface area contributed by atoms with E-state index in [2.05, 4.69) is 254 Å². The molecule has 0 saturated heterocycles. The van der Waals surface area contributed by atoms with Crippen molar-refractivity contribution in [2.24, 2.45) is 0 Å². The molecule has 0 fully saturated rings. The molecular weight excluding hydrogens is 799 g/mol. The maximum absolute atomic E-state index is 6.37. The Labute approximate surface area is 384 Å². The molecule has 2 heteroatoms. The van der Waals surface area contributed by atoms with Gasteiger partial charge >= 0.3 is 0 Å². The van der Waals surface area contributed by atoms with Gasteiger partial charge in [0.25, 0.3) is 0 Å². The van der Waals surface area contributed by atoms with Crippen LogP contribution < -0.4 is 4.90 Å². The van der Waals surface area contributed by atoms with Crippen LogP contribution in [0.15, 0.2) is 265 Å². The van der Waals surface area contributed by atoms with Crippen LogP contribution in [0.25, 0.3) is 99.5 Å². The molecule has 0 aliphatic heterocycles. The summed E-state index contributed by atoms with van der Waals surface area (Å²) in [5.41, 5.74) is 16.9. The van der Waals surface area contributed by atoms with Gasteiger partial charge in [-0.05, 0) is 150 Å². The summed E-state index contributed by atoms with van der Waals surface area (Å²) in [6.07, 6.45) is 0. The fraction of sp³-hybridized carbons (Fsp3) is 0. The number of para-hydroxylation sites is 1. The molecule has 310 valence electrons. The fourth-order valence-electron chi connectivity index (χ4n) is 9.58. The van der Waals surface area contributed by atoms with Crippen molar-refractivity contribution in [2.75, 3.05) is 4.90 Å². The third kappa shape index (κ3) is 7.31. The van der Waals surface area contributed by atoms with Gasteiger partial charge in [0, 0.05) is 28.0 Å². The van der Waals surface area contributed by atoms with Crippen LogP contribution in [0, 0.1) is 0 Å². The van der Waals surface area contributed by atoms with E-state index in [1.165, 1.54) is 60.5 Å². The number of rotatable bonds is 9. The molecule has 12 rings (SSSR count). The van der Waals surface area contributed by atoms with E-state index in [1.54, 1.807) is 0 Å². The van der Waals surface area contributed by atoms with Crippen LogP contribution in [-0.4, -0.2) is 0 Å². The lowest BCUT2D eigenvalue weighted by Gasteiger charge is -2.26. The number of hydrogen-bond donors (Lipinski definition) is 0. The lowest BCUT2D eigenvalue weighted by atomic mass is 9.93. The molecule has 0 aliphatic rings. The second-order valence-electron chi connectivity index (χ2n) is 16.9. The monoisotopic (exact) mass is 841 g/mol. The van der Waals surface area contributed by atoms with Gasteiger partial charge in [0.15, 0.2) is 0 Å². The van der Waals surface area contributed by atoms with Crippen LogP contribution in [0.4, 0.5) is 17.1 Å². The lowest BCUT2D eigenvalue weighted by Crippen LogP contribution is -2.09. The minimum Gasteiger partial charge on any atom is -0.456 e. The molecule has 0 N–H and O–H groups in total. The topological polar surface area (TPSA) is 16.4 Å². The number of fused-ring (bicyclic) bond motifs is 4. The molecule has 0 unspecified atom stereocenters. The second-order valence-corrected chi connectivity index (χ2v) is 16.9. The van der Waals surface area contributed by atoms with Gasteiger partial charge in [0.2, 0.25) is 0 Å². The zero-order valence-corrected chi connectivity index (χ0v) is 36.2. The zero-order valence-electron chi connectivity index (χ0n) is 36.2. The molecule has 0 bridgehead atoms. The molecule has 0 spiro atoms. The van der Waals surface area contributed by atoms with Gasteiger partial charge < -0.3 is 9.32 Å². The molecule has 0 atom stereocenters. The van der Waals surface area contributed by atoms with Crippen LogP contribution in [0.2, 0.25) is 0 Å². The van der Waals surface area contributed by atoms with E-state index in [4.69, 9.17) is 4.42 Å². The van der Waals surface area contributed by atoms with Crippen LogP contribution >= 0.6 is 0 Å². The lowest BCUT2D eigenvalue weighted by molar-refractivity contribution is 0.632. The van der Waals surface area contributed by atoms with Crippen molar-refractivity contribution < 1.29 is 4.42 Å². The van der Waals surface area contributed by atoms with Gasteiger partial charge in [-0.2, -0.15) is 0 Å². The molecule has 0 amide bonds. The van der Waals surface area contributed by atoms with Crippen LogP contribution in [0.5, 0.6) is 0 Å². The summed E-state index contributed by atoms with van der Waals surface area (Å²) in [5.74, 6) is 0.863. The summed E-state index contributed by atoms with van der Waals surface area (Å²) < 4.78 is 6.37. The third-order valence-corrected chi connectivity index (χ3v) is 12.9. The first-order valence-electron chi connectivity index (χ1n) is 22.6. The summed E-state index contributed by atoms with van der Waals surface area (Å²) in [6.45, 7) is 0. The first kappa shape index (κ1) is 38.9. The maximum atomic E-state index is 6.37. The summed E-state index contributed by atoms with van der Waals surface area (Å²) >= 11 is 0. The predicted molar refractivity (Wildman–Crippen MR) is 279 cm³/mol. The van der Waals surface area contributed by atoms with Crippen molar-refractivity contribution in [1.82, 2.24) is 0 Å². The smallest absolute Gasteiger partial charge is 0.136 e. The number of nitrogens with zero attached hydrogens (tertiary/aromatic N) is 1. The van der Waals surface area contributed by atoms with E-state index in [0.29, 0.717) is 0 Å². The first-order valence-corrected chi connectivity index (χ1v) is 22.6. The van der Waals surface area contributed by atoms with Gasteiger partial charge in [0.05, 0.1) is 0 Å². The molecule has 11 aromatic carbocycles. The van der Waals surface area contributed by atoms with Crippen molar-refractivity contribution in [3.05, 3.63) is 261 Å². The normalized spacial score (nSPS) is 11.3. The standard InChI is InChI=1S/C64H43NO/c1-3-15-44(16-4-1)51-39-52(45-17-5-2-6-18-45)41-53(40-51)46-27-33-54(34-28-46)65(56-37-31-48(32-38-56)62-42-49-19-7-9-22-58(49)59-23-11-12-24-60(59)62)55-35-29-47(30-36-55)57-21-10-13-25-61(57)64-43-50-20-8-14-26-63(50)66-64/h1-43H. The Bertz CT molecular complexity index is 3570. The van der Waals surface area contributed by atoms with E-state index < -0.39 is 0 Å². The van der Waals surface area contributed by atoms with E-state index in [9.17, 15) is 0 Å². The number of furan rings is 1. The molecule has 12 aromatic rings. The van der Waals surface area contributed by atoms with E-state index in [1.807, 2.05) is 12.1 Å². The van der Waals surface area contributed by atoms with Crippen LogP contribution in [-0.2, 0) is 0 Å². The van der Waals surface area contributed by atoms with E-state index in [-0.39, 0.29) is 0 Å². The van der Waals surface area contributed by atoms with Gasteiger partial charge in [-0.25, -0.2) is 0 Å². The Morgan fingerprint density at radius 2 is 0.667 bits per heavy atom. The highest BCUT2D eigenvalue weighted by Crippen LogP contribution is 2.42. The van der Waals surface area contributed by atoms with Gasteiger partial charge in [-0.15, -0.1) is 0 Å². The molecule has 0 saturated carbocycles. The minimum atomic E-state index is 0.863. The van der Waals surface area contributed by atoms with Gasteiger partial charge in [-0.1, -0.05) is 188 Å². The van der Waals surface area contributed by atoms with Gasteiger partial charge in [0.1, 0.15) is 11.3 Å². The Morgan fingerprint density at radius 1 is 0.242 bits per heavy atom. The fourth-order valence-corrected chi connectivity index (χ4v) is 9.58. The molecular formula is C64H43NO. The maximum Gasteiger partial charge on any atom is 0.136 e. The quantitative estimate of drug-likeness (QED) is 0.135. The highest BCUT2D eigenvalue weighted by Gasteiger charge is 2.17. The second kappa shape index (κ2) is 16.8. The Balaban J connectivity index is 0.950. The van der Waals surface area contributed by atoms with Crippen molar-refractivity contribution in [3.8, 4) is 67.0 Å². The van der Waals surface area contributed by atoms with Gasteiger partial charge in [-0.3, -0.25) is 0 Å². The summed E-state index contributed by atoms with van der Waals surface area (Å²) in [4.78, 5) is 2.36. The molecule has 1 heterocycles. The molecule has 2 nitrogen and oxygen atoms in total. The SMILES string of the molecule is c1ccc(-c2cc(-c3ccccc3)cc(-c3ccc(N(c4ccc(-c5ccccc5-c5cc6ccccc6o5)cc4)c4ccc(-c5cc6ccccc6c6ccccc56)cc4)cc3)c2)cc1. The average molecular weight is 842 g/mol. The van der Waals surface area contributed by atoms with E-state index in [0.717, 1.165) is 56.0 Å². The Morgan fingerprint density at radius 3 is 1.24 bits per heavy atom. The van der Waals surface area contributed by atoms with Crippen molar-refractivity contribution in [1.29, 1.82) is 0 Å². The highest BCUT2D eigenvalue weighted by atomic mass is 16.3. The van der Waals surface area contributed by atoms with Crippen molar-refractivity contribution in [3.63, 3.8) is 0 Å². The van der Waals surface area contributed by atoms with E-state index >= 15 is 0 Å². The zero-order chi connectivity index (χ0) is 43.8.